The molecule has 1 saturated heterocycles. The minimum Gasteiger partial charge on any atom is -0.436 e. The first kappa shape index (κ1) is 24.8. The first-order valence-corrected chi connectivity index (χ1v) is 11.9. The molecule has 2 aliphatic rings. The number of hydrogen-bond acceptors (Lipinski definition) is 5. The molecule has 1 aliphatic carbocycles. The van der Waals surface area contributed by atoms with Gasteiger partial charge in [0, 0.05) is 32.1 Å². The normalized spacial score (nSPS) is 23.4. The molecule has 3 amide bonds. The Morgan fingerprint density at radius 1 is 1.12 bits per heavy atom. The van der Waals surface area contributed by atoms with Gasteiger partial charge >= 0.3 is 6.09 Å². The summed E-state index contributed by atoms with van der Waals surface area (Å²) in [4.78, 5) is 40.1. The topological polar surface area (TPSA) is 114 Å². The standard InChI is InChI=1S/C25H36N4O4/c1-2-14-27-25(32)33-22(16-18-7-4-3-5-8-18)24(31)29-15-6-9-21(29)23(30)28-17-19-10-12-20(26)13-11-19/h2-5,7-8,19-22H,1,6,9-17,26H2,(H,27,32)(H,28,30)/t19-,20-,21-,22+/m0/s1. The molecule has 2 atom stereocenters. The van der Waals surface area contributed by atoms with E-state index in [0.29, 0.717) is 25.4 Å². The van der Waals surface area contributed by atoms with E-state index in [-0.39, 0.29) is 30.8 Å². The minimum absolute atomic E-state index is 0.134. The Morgan fingerprint density at radius 2 is 1.85 bits per heavy atom. The molecule has 0 radical (unpaired) electrons. The predicted molar refractivity (Wildman–Crippen MR) is 126 cm³/mol. The third kappa shape index (κ3) is 7.32. The summed E-state index contributed by atoms with van der Waals surface area (Å²) in [6.45, 7) is 4.89. The highest BCUT2D eigenvalue weighted by molar-refractivity contribution is 5.91. The smallest absolute Gasteiger partial charge is 0.408 e. The minimum atomic E-state index is -1.01. The number of carbonyl (C=O) groups is 3. The number of hydrogen-bond donors (Lipinski definition) is 3. The van der Waals surface area contributed by atoms with E-state index < -0.39 is 18.2 Å². The van der Waals surface area contributed by atoms with Gasteiger partial charge in [-0.2, -0.15) is 0 Å². The summed E-state index contributed by atoms with van der Waals surface area (Å²) in [5, 5.41) is 5.60. The number of benzene rings is 1. The molecule has 33 heavy (non-hydrogen) atoms. The fraction of sp³-hybridized carbons (Fsp3) is 0.560. The van der Waals surface area contributed by atoms with Crippen LogP contribution >= 0.6 is 0 Å². The van der Waals surface area contributed by atoms with Crippen molar-refractivity contribution >= 4 is 17.9 Å². The third-order valence-corrected chi connectivity index (χ3v) is 6.47. The Kier molecular flexibility index (Phi) is 9.30. The van der Waals surface area contributed by atoms with E-state index >= 15 is 0 Å². The van der Waals surface area contributed by atoms with Crippen LogP contribution < -0.4 is 16.4 Å². The monoisotopic (exact) mass is 456 g/mol. The van der Waals surface area contributed by atoms with Gasteiger partial charge < -0.3 is 26.0 Å². The number of nitrogens with two attached hydrogens (primary N) is 1. The molecule has 0 unspecified atom stereocenters. The highest BCUT2D eigenvalue weighted by atomic mass is 16.6. The van der Waals surface area contributed by atoms with Gasteiger partial charge in [0.2, 0.25) is 5.91 Å². The number of amides is 3. The van der Waals surface area contributed by atoms with Gasteiger partial charge in [0.1, 0.15) is 6.04 Å². The lowest BCUT2D eigenvalue weighted by Gasteiger charge is -2.30. The zero-order valence-electron chi connectivity index (χ0n) is 19.2. The van der Waals surface area contributed by atoms with Gasteiger partial charge in [0.05, 0.1) is 0 Å². The summed E-state index contributed by atoms with van der Waals surface area (Å²) in [7, 11) is 0. The number of rotatable bonds is 9. The zero-order chi connectivity index (χ0) is 23.6. The largest absolute Gasteiger partial charge is 0.436 e. The van der Waals surface area contributed by atoms with Crippen LogP contribution in [0, 0.1) is 5.92 Å². The zero-order valence-corrected chi connectivity index (χ0v) is 19.2. The molecule has 180 valence electrons. The molecule has 8 nitrogen and oxygen atoms in total. The number of nitrogens with zero attached hydrogens (tertiary/aromatic N) is 1. The van der Waals surface area contributed by atoms with Crippen LogP contribution in [0.25, 0.3) is 0 Å². The highest BCUT2D eigenvalue weighted by Crippen LogP contribution is 2.24. The summed E-state index contributed by atoms with van der Waals surface area (Å²) in [6.07, 6.45) is 5.44. The van der Waals surface area contributed by atoms with E-state index in [1.165, 1.54) is 6.08 Å². The van der Waals surface area contributed by atoms with Crippen LogP contribution in [0.2, 0.25) is 0 Å². The summed E-state index contributed by atoms with van der Waals surface area (Å²) in [5.74, 6) is -0.0405. The van der Waals surface area contributed by atoms with Crippen molar-refractivity contribution < 1.29 is 19.1 Å². The predicted octanol–water partition coefficient (Wildman–Crippen LogP) is 2.13. The highest BCUT2D eigenvalue weighted by Gasteiger charge is 2.38. The SMILES string of the molecule is C=CCNC(=O)O[C@H](Cc1ccccc1)C(=O)N1CCC[C@H]1C(=O)NC[C@H]1CC[C@H](N)CC1. The lowest BCUT2D eigenvalue weighted by Crippen LogP contribution is -2.51. The average molecular weight is 457 g/mol. The van der Waals surface area contributed by atoms with Gasteiger partial charge in [-0.15, -0.1) is 6.58 Å². The van der Waals surface area contributed by atoms with Crippen LogP contribution in [0.3, 0.4) is 0 Å². The van der Waals surface area contributed by atoms with Crippen molar-refractivity contribution in [2.75, 3.05) is 19.6 Å². The van der Waals surface area contributed by atoms with Gasteiger partial charge in [-0.25, -0.2) is 4.79 Å². The summed E-state index contributed by atoms with van der Waals surface area (Å²) < 4.78 is 5.49. The fourth-order valence-corrected chi connectivity index (χ4v) is 4.58. The molecule has 1 aromatic rings. The van der Waals surface area contributed by atoms with E-state index in [9.17, 15) is 14.4 Å². The van der Waals surface area contributed by atoms with E-state index in [4.69, 9.17) is 10.5 Å². The third-order valence-electron chi connectivity index (χ3n) is 6.47. The van der Waals surface area contributed by atoms with Crippen molar-refractivity contribution in [2.24, 2.45) is 11.7 Å². The molecule has 1 heterocycles. The molecular formula is C25H36N4O4. The fourth-order valence-electron chi connectivity index (χ4n) is 4.58. The Hall–Kier alpha value is -2.87. The maximum atomic E-state index is 13.4. The van der Waals surface area contributed by atoms with E-state index in [1.807, 2.05) is 30.3 Å². The lowest BCUT2D eigenvalue weighted by molar-refractivity contribution is -0.145. The number of nitrogens with one attached hydrogen (secondary N) is 2. The van der Waals surface area contributed by atoms with Crippen LogP contribution in [-0.4, -0.2) is 60.6 Å². The van der Waals surface area contributed by atoms with Crippen molar-refractivity contribution in [3.63, 3.8) is 0 Å². The second kappa shape index (κ2) is 12.4. The Morgan fingerprint density at radius 3 is 2.55 bits per heavy atom. The molecule has 3 rings (SSSR count). The molecule has 1 aliphatic heterocycles. The summed E-state index contributed by atoms with van der Waals surface area (Å²) >= 11 is 0. The molecule has 2 fully saturated rings. The van der Waals surface area contributed by atoms with Crippen LogP contribution in [0.15, 0.2) is 43.0 Å². The van der Waals surface area contributed by atoms with Gasteiger partial charge in [-0.05, 0) is 50.0 Å². The molecule has 0 bridgehead atoms. The first-order valence-electron chi connectivity index (χ1n) is 11.9. The number of alkyl carbamates (subject to hydrolysis) is 1. The molecule has 8 heteroatoms. The van der Waals surface area contributed by atoms with E-state index in [0.717, 1.165) is 37.7 Å². The van der Waals surface area contributed by atoms with Gasteiger partial charge in [-0.3, -0.25) is 9.59 Å². The van der Waals surface area contributed by atoms with Crippen molar-refractivity contribution in [1.82, 2.24) is 15.5 Å². The van der Waals surface area contributed by atoms with Crippen molar-refractivity contribution in [3.05, 3.63) is 48.6 Å². The maximum absolute atomic E-state index is 13.4. The molecule has 4 N–H and O–H groups in total. The number of carbonyl (C=O) groups excluding carboxylic acids is 3. The second-order valence-electron chi connectivity index (χ2n) is 8.97. The molecule has 1 saturated carbocycles. The summed E-state index contributed by atoms with van der Waals surface area (Å²) in [5.41, 5.74) is 6.85. The van der Waals surface area contributed by atoms with Crippen LogP contribution in [0.1, 0.15) is 44.1 Å². The van der Waals surface area contributed by atoms with Gasteiger partial charge in [0.15, 0.2) is 6.10 Å². The van der Waals surface area contributed by atoms with E-state index in [1.54, 1.807) is 4.90 Å². The Balaban J connectivity index is 1.63. The molecule has 0 spiro atoms. The lowest BCUT2D eigenvalue weighted by atomic mass is 9.86. The molecule has 1 aromatic carbocycles. The molecular weight excluding hydrogens is 420 g/mol. The number of ether oxygens (including phenoxy) is 1. The quantitative estimate of drug-likeness (QED) is 0.493. The first-order chi connectivity index (χ1) is 16.0. The maximum Gasteiger partial charge on any atom is 0.408 e. The average Bonchev–Trinajstić information content (AvgIpc) is 3.32. The molecule has 0 aromatic heterocycles. The number of likely N-dealkylation sites (tertiary alicyclic amines) is 1. The van der Waals surface area contributed by atoms with Crippen LogP contribution in [-0.2, 0) is 20.7 Å². The van der Waals surface area contributed by atoms with E-state index in [2.05, 4.69) is 17.2 Å². The van der Waals surface area contributed by atoms with Crippen LogP contribution in [0.5, 0.6) is 0 Å². The Bertz CT molecular complexity index is 808. The van der Waals surface area contributed by atoms with Crippen molar-refractivity contribution in [3.8, 4) is 0 Å². The second-order valence-corrected chi connectivity index (χ2v) is 8.97. The van der Waals surface area contributed by atoms with Crippen molar-refractivity contribution in [1.29, 1.82) is 0 Å². The van der Waals surface area contributed by atoms with Gasteiger partial charge in [0.25, 0.3) is 5.91 Å². The van der Waals surface area contributed by atoms with Gasteiger partial charge in [-0.1, -0.05) is 36.4 Å². The van der Waals surface area contributed by atoms with Crippen LogP contribution in [0.4, 0.5) is 4.79 Å². The Labute approximate surface area is 195 Å². The van der Waals surface area contributed by atoms with Crippen molar-refractivity contribution in [2.45, 2.75) is 63.1 Å². The summed E-state index contributed by atoms with van der Waals surface area (Å²) in [6, 6.07) is 9.13.